The fraction of sp³-hybridized carbons (Fsp3) is 0.408. The van der Waals surface area contributed by atoms with Gasteiger partial charge in [0.15, 0.2) is 17.3 Å². The van der Waals surface area contributed by atoms with E-state index in [0.29, 0.717) is 92.1 Å². The summed E-state index contributed by atoms with van der Waals surface area (Å²) in [6.45, 7) is 3.89. The van der Waals surface area contributed by atoms with Crippen LogP contribution in [0.2, 0.25) is 0 Å². The minimum Gasteiger partial charge on any atom is -0.493 e. The summed E-state index contributed by atoms with van der Waals surface area (Å²) in [5.41, 5.74) is 3.05. The molecule has 16 nitrogen and oxygen atoms in total. The number of carbonyl (C=O) groups excluding carboxylic acids is 4. The molecule has 358 valence electrons. The normalized spacial score (nSPS) is 19.6. The molecule has 1 N–H and O–H groups in total. The van der Waals surface area contributed by atoms with Crippen molar-refractivity contribution >= 4 is 56.0 Å². The number of hydrogen-bond donors (Lipinski definition) is 1. The molecule has 0 aliphatic carbocycles. The number of rotatable bonds is 14. The van der Waals surface area contributed by atoms with Crippen LogP contribution in [0, 0.1) is 11.8 Å². The molecular weight excluding hydrogens is 901 g/mol. The Morgan fingerprint density at radius 1 is 0.853 bits per heavy atom. The van der Waals surface area contributed by atoms with E-state index in [1.807, 2.05) is 36.4 Å². The topological polar surface area (TPSA) is 173 Å². The number of halogens is 2. The predicted molar refractivity (Wildman–Crippen MR) is 250 cm³/mol. The lowest BCUT2D eigenvalue weighted by atomic mass is 9.76. The molecule has 68 heavy (non-hydrogen) atoms. The Morgan fingerprint density at radius 3 is 2.28 bits per heavy atom. The SMILES string of the molecule is CCOc1cc([C@@H](CS(C)(=O)=O)N2C(=O)c3ccc(N4CCC([C@H]5CCN(Cc6ccc(Oc7ccc8c(N9CCC(=O)NC9=O)nn(C)c8c7)cc6)CC5(F)F)CC4)cc3C2=O)ccc1OC. The zero-order valence-corrected chi connectivity index (χ0v) is 39.1. The van der Waals surface area contributed by atoms with E-state index in [1.165, 1.54) is 12.0 Å². The van der Waals surface area contributed by atoms with E-state index in [2.05, 4.69) is 15.3 Å². The molecule has 5 aromatic rings. The predicted octanol–water partition coefficient (Wildman–Crippen LogP) is 6.97. The summed E-state index contributed by atoms with van der Waals surface area (Å²) in [5, 5.41) is 7.58. The third-order valence-corrected chi connectivity index (χ3v) is 14.4. The van der Waals surface area contributed by atoms with E-state index in [0.717, 1.165) is 27.6 Å². The number of carbonyl (C=O) groups is 4. The third-order valence-electron chi connectivity index (χ3n) is 13.4. The van der Waals surface area contributed by atoms with Crippen molar-refractivity contribution in [2.45, 2.75) is 51.1 Å². The summed E-state index contributed by atoms with van der Waals surface area (Å²) in [6.07, 6.45) is 2.69. The summed E-state index contributed by atoms with van der Waals surface area (Å²) < 4.78 is 76.3. The second-order valence-electron chi connectivity index (χ2n) is 18.0. The number of amides is 5. The van der Waals surface area contributed by atoms with Crippen molar-refractivity contribution in [1.82, 2.24) is 24.9 Å². The molecule has 4 aromatic carbocycles. The Kier molecular flexibility index (Phi) is 12.6. The molecule has 0 bridgehead atoms. The lowest BCUT2D eigenvalue weighted by Gasteiger charge is -2.44. The number of likely N-dealkylation sites (tertiary alicyclic amines) is 1. The maximum absolute atomic E-state index is 16.0. The van der Waals surface area contributed by atoms with Crippen LogP contribution in [0.5, 0.6) is 23.0 Å². The number of nitrogens with one attached hydrogen (secondary N) is 1. The van der Waals surface area contributed by atoms with Crippen molar-refractivity contribution in [1.29, 1.82) is 0 Å². The molecule has 0 spiro atoms. The number of aromatic nitrogens is 2. The molecule has 4 aliphatic rings. The number of aryl methyl sites for hydroxylation is 1. The van der Waals surface area contributed by atoms with Crippen molar-refractivity contribution in [3.63, 3.8) is 0 Å². The van der Waals surface area contributed by atoms with Crippen LogP contribution in [0.25, 0.3) is 10.9 Å². The number of alkyl halides is 2. The highest BCUT2D eigenvalue weighted by Gasteiger charge is 2.49. The minimum absolute atomic E-state index is 0.164. The highest BCUT2D eigenvalue weighted by Crippen LogP contribution is 2.44. The Hall–Kier alpha value is -6.60. The van der Waals surface area contributed by atoms with Gasteiger partial charge in [-0.3, -0.25) is 39.1 Å². The number of sulfone groups is 1. The van der Waals surface area contributed by atoms with E-state index in [1.54, 1.807) is 66.0 Å². The van der Waals surface area contributed by atoms with Gasteiger partial charge in [0.2, 0.25) is 5.91 Å². The maximum Gasteiger partial charge on any atom is 0.329 e. The lowest BCUT2D eigenvalue weighted by Crippen LogP contribution is -2.52. The van der Waals surface area contributed by atoms with Crippen molar-refractivity contribution in [2.24, 2.45) is 18.9 Å². The number of benzene rings is 4. The first-order valence-corrected chi connectivity index (χ1v) is 24.8. The van der Waals surface area contributed by atoms with Crippen LogP contribution < -0.4 is 29.3 Å². The van der Waals surface area contributed by atoms with Gasteiger partial charge in [-0.2, -0.15) is 5.10 Å². The van der Waals surface area contributed by atoms with Crippen molar-refractivity contribution in [3.8, 4) is 23.0 Å². The highest BCUT2D eigenvalue weighted by atomic mass is 32.2. The summed E-state index contributed by atoms with van der Waals surface area (Å²) in [5.74, 6) is -3.53. The largest absolute Gasteiger partial charge is 0.493 e. The van der Waals surface area contributed by atoms with Crippen LogP contribution in [0.4, 0.5) is 25.1 Å². The molecule has 2 atom stereocenters. The first kappa shape index (κ1) is 46.5. The van der Waals surface area contributed by atoms with Gasteiger partial charge in [-0.25, -0.2) is 22.0 Å². The molecule has 1 aromatic heterocycles. The highest BCUT2D eigenvalue weighted by molar-refractivity contribution is 7.90. The summed E-state index contributed by atoms with van der Waals surface area (Å²) in [6, 6.07) is 21.0. The quantitative estimate of drug-likeness (QED) is 0.114. The molecule has 5 heterocycles. The van der Waals surface area contributed by atoms with Crippen LogP contribution >= 0.6 is 0 Å². The zero-order chi connectivity index (χ0) is 48.1. The Bertz CT molecular complexity index is 2900. The average Bonchev–Trinajstić information content (AvgIpc) is 3.76. The monoisotopic (exact) mass is 953 g/mol. The number of piperidine rings is 2. The van der Waals surface area contributed by atoms with Gasteiger partial charge in [0.05, 0.1) is 48.7 Å². The van der Waals surface area contributed by atoms with Crippen molar-refractivity contribution in [3.05, 3.63) is 101 Å². The van der Waals surface area contributed by atoms with Gasteiger partial charge in [0.25, 0.3) is 17.7 Å². The van der Waals surface area contributed by atoms with Gasteiger partial charge in [0.1, 0.15) is 21.3 Å². The van der Waals surface area contributed by atoms with Crippen LogP contribution in [0.3, 0.4) is 0 Å². The third kappa shape index (κ3) is 9.32. The molecule has 4 aliphatic heterocycles. The second kappa shape index (κ2) is 18.5. The molecule has 9 rings (SSSR count). The van der Waals surface area contributed by atoms with Gasteiger partial charge in [-0.15, -0.1) is 0 Å². The molecule has 0 unspecified atom stereocenters. The van der Waals surface area contributed by atoms with Gasteiger partial charge < -0.3 is 19.1 Å². The van der Waals surface area contributed by atoms with Gasteiger partial charge >= 0.3 is 6.03 Å². The van der Waals surface area contributed by atoms with Crippen LogP contribution in [-0.2, 0) is 28.2 Å². The van der Waals surface area contributed by atoms with E-state index >= 15 is 8.78 Å². The number of imide groups is 2. The van der Waals surface area contributed by atoms with E-state index in [4.69, 9.17) is 14.2 Å². The number of ether oxygens (including phenoxy) is 3. The molecule has 0 radical (unpaired) electrons. The summed E-state index contributed by atoms with van der Waals surface area (Å²) >= 11 is 0. The molecule has 5 amide bonds. The first-order chi connectivity index (χ1) is 32.5. The number of methoxy groups -OCH3 is 1. The number of hydrogen-bond acceptors (Lipinski definition) is 12. The van der Waals surface area contributed by atoms with Crippen LogP contribution in [-0.4, -0.2) is 116 Å². The minimum atomic E-state index is -3.67. The number of nitrogens with zero attached hydrogens (tertiary/aromatic N) is 6. The van der Waals surface area contributed by atoms with E-state index < -0.39 is 51.3 Å². The fourth-order valence-electron chi connectivity index (χ4n) is 10.1. The Labute approximate surface area is 392 Å². The first-order valence-electron chi connectivity index (χ1n) is 22.7. The zero-order valence-electron chi connectivity index (χ0n) is 38.2. The maximum atomic E-state index is 16.0. The van der Waals surface area contributed by atoms with Gasteiger partial charge in [0, 0.05) is 69.0 Å². The van der Waals surface area contributed by atoms with Crippen molar-refractivity contribution < 1.29 is 50.6 Å². The molecule has 3 saturated heterocycles. The fourth-order valence-corrected chi connectivity index (χ4v) is 11.0. The summed E-state index contributed by atoms with van der Waals surface area (Å²) in [7, 11) is -0.428. The molecule has 3 fully saturated rings. The van der Waals surface area contributed by atoms with Crippen molar-refractivity contribution in [2.75, 3.05) is 68.2 Å². The summed E-state index contributed by atoms with van der Waals surface area (Å²) in [4.78, 5) is 58.3. The van der Waals surface area contributed by atoms with E-state index in [9.17, 15) is 27.6 Å². The lowest BCUT2D eigenvalue weighted by molar-refractivity contribution is -0.133. The average molecular weight is 954 g/mol. The Balaban J connectivity index is 0.796. The van der Waals surface area contributed by atoms with Crippen LogP contribution in [0.15, 0.2) is 78.9 Å². The van der Waals surface area contributed by atoms with Gasteiger partial charge in [-0.1, -0.05) is 18.2 Å². The molecule has 0 saturated carbocycles. The Morgan fingerprint density at radius 2 is 1.59 bits per heavy atom. The molecular formula is C49H53F2N7O9S. The standard InChI is InChI=1S/C49H53F2N7O9S/c1-5-66-43-24-32(8-15-42(43)65-3)41(28-68(4,63)64)58-46(60)36-13-9-33(25-38(36)47(58)61)56-21-16-31(17-22-56)39-18-20-55(29-49(39,50)51)27-30-6-10-34(11-7-30)67-35-12-14-37-40(26-35)54(2)53-45(37)57-23-19-44(59)52-48(57)62/h6-15,24-26,31,39,41H,5,16-23,27-29H2,1-4H3,(H,52,59,62)/t39-,41-/m1/s1. The van der Waals surface area contributed by atoms with Crippen LogP contribution in [0.1, 0.15) is 70.5 Å². The van der Waals surface area contributed by atoms with E-state index in [-0.39, 0.29) is 42.5 Å². The number of fused-ring (bicyclic) bond motifs is 2. The number of urea groups is 1. The smallest absolute Gasteiger partial charge is 0.329 e. The second-order valence-corrected chi connectivity index (χ2v) is 20.2. The molecule has 19 heteroatoms. The van der Waals surface area contributed by atoms with Gasteiger partial charge in [-0.05, 0) is 104 Å². The number of anilines is 2.